The minimum atomic E-state index is -0.421. The lowest BCUT2D eigenvalue weighted by Gasteiger charge is -2.10. The molecule has 0 heterocycles. The lowest BCUT2D eigenvalue weighted by Crippen LogP contribution is -2.12. The molecule has 0 bridgehead atoms. The van der Waals surface area contributed by atoms with Crippen LogP contribution in [0.5, 0.6) is 5.75 Å². The second-order valence-corrected chi connectivity index (χ2v) is 3.66. The first-order valence-electron chi connectivity index (χ1n) is 4.18. The molecule has 1 aromatic rings. The molecule has 0 spiro atoms. The van der Waals surface area contributed by atoms with Crippen molar-refractivity contribution in [2.45, 2.75) is 17.9 Å². The summed E-state index contributed by atoms with van der Waals surface area (Å²) in [5.74, 6) is 0.843. The highest BCUT2D eigenvalue weighted by Gasteiger charge is 2.02. The summed E-state index contributed by atoms with van der Waals surface area (Å²) in [6.07, 6.45) is 1.58. The van der Waals surface area contributed by atoms with Gasteiger partial charge in [-0.1, -0.05) is 12.1 Å². The lowest BCUT2D eigenvalue weighted by atomic mass is 10.3. The second kappa shape index (κ2) is 5.14. The van der Waals surface area contributed by atoms with Crippen LogP contribution in [0.3, 0.4) is 0 Å². The smallest absolute Gasteiger partial charge is 0.132 e. The third kappa shape index (κ3) is 3.28. The largest absolute Gasteiger partial charge is 0.490 e. The Labute approximate surface area is 82.9 Å². The van der Waals surface area contributed by atoms with Crippen LogP contribution in [0.2, 0.25) is 0 Å². The van der Waals surface area contributed by atoms with Gasteiger partial charge in [-0.2, -0.15) is 0 Å². The minimum absolute atomic E-state index is 0.345. The van der Waals surface area contributed by atoms with Crippen LogP contribution in [0, 0.1) is 0 Å². The Kier molecular flexibility index (Phi) is 4.12. The van der Waals surface area contributed by atoms with Crippen LogP contribution in [-0.4, -0.2) is 24.1 Å². The molecule has 72 valence electrons. The van der Waals surface area contributed by atoms with Gasteiger partial charge in [-0.3, -0.25) is 0 Å². The summed E-state index contributed by atoms with van der Waals surface area (Å²) in [6.45, 7) is 2.05. The molecule has 0 aliphatic carbocycles. The van der Waals surface area contributed by atoms with Gasteiger partial charge in [-0.05, 0) is 25.3 Å². The first kappa shape index (κ1) is 10.4. The number of rotatable bonds is 4. The van der Waals surface area contributed by atoms with Gasteiger partial charge in [0.1, 0.15) is 12.4 Å². The molecule has 0 aromatic heterocycles. The van der Waals surface area contributed by atoms with Crippen LogP contribution in [0.15, 0.2) is 29.2 Å². The average molecular weight is 198 g/mol. The zero-order chi connectivity index (χ0) is 9.68. The second-order valence-electron chi connectivity index (χ2n) is 2.81. The fraction of sp³-hybridized carbons (Fsp3) is 0.400. The Balaban J connectivity index is 2.64. The summed E-state index contributed by atoms with van der Waals surface area (Å²) < 4.78 is 5.42. The Bertz CT molecular complexity index is 261. The zero-order valence-electron chi connectivity index (χ0n) is 7.86. The standard InChI is InChI=1S/C10H14O2S/c1-8(11)7-12-9-5-3-4-6-10(9)13-2/h3-6,8,11H,7H2,1-2H3. The highest BCUT2D eigenvalue weighted by atomic mass is 32.2. The van der Waals surface area contributed by atoms with Crippen LogP contribution in [-0.2, 0) is 0 Å². The molecule has 1 unspecified atom stereocenters. The van der Waals surface area contributed by atoms with E-state index in [1.165, 1.54) is 0 Å². The van der Waals surface area contributed by atoms with Crippen molar-refractivity contribution in [3.8, 4) is 5.75 Å². The number of hydrogen-bond donors (Lipinski definition) is 1. The van der Waals surface area contributed by atoms with Crippen molar-refractivity contribution in [1.82, 2.24) is 0 Å². The maximum absolute atomic E-state index is 9.05. The molecule has 1 atom stereocenters. The third-order valence-electron chi connectivity index (χ3n) is 1.55. The van der Waals surface area contributed by atoms with Gasteiger partial charge in [-0.15, -0.1) is 11.8 Å². The number of aliphatic hydroxyl groups excluding tert-OH is 1. The SMILES string of the molecule is CSc1ccccc1OCC(C)O. The van der Waals surface area contributed by atoms with Gasteiger partial charge in [0.15, 0.2) is 0 Å². The van der Waals surface area contributed by atoms with Gasteiger partial charge in [0.05, 0.1) is 6.10 Å². The van der Waals surface area contributed by atoms with Gasteiger partial charge in [0, 0.05) is 4.90 Å². The summed E-state index contributed by atoms with van der Waals surface area (Å²) in [4.78, 5) is 1.10. The molecule has 1 rings (SSSR count). The summed E-state index contributed by atoms with van der Waals surface area (Å²) in [7, 11) is 0. The summed E-state index contributed by atoms with van der Waals surface area (Å²) in [5.41, 5.74) is 0. The van der Waals surface area contributed by atoms with Crippen molar-refractivity contribution in [2.24, 2.45) is 0 Å². The molecule has 3 heteroatoms. The van der Waals surface area contributed by atoms with Crippen LogP contribution in [0.25, 0.3) is 0 Å². The summed E-state index contributed by atoms with van der Waals surface area (Å²) >= 11 is 1.64. The molecule has 0 fully saturated rings. The third-order valence-corrected chi connectivity index (χ3v) is 2.33. The summed E-state index contributed by atoms with van der Waals surface area (Å²) in [6, 6.07) is 7.81. The van der Waals surface area contributed by atoms with E-state index in [2.05, 4.69) is 0 Å². The average Bonchev–Trinajstić information content (AvgIpc) is 2.15. The van der Waals surface area contributed by atoms with E-state index in [1.807, 2.05) is 30.5 Å². The van der Waals surface area contributed by atoms with Gasteiger partial charge >= 0.3 is 0 Å². The first-order valence-corrected chi connectivity index (χ1v) is 5.40. The fourth-order valence-electron chi connectivity index (χ4n) is 0.948. The molecule has 0 amide bonds. The predicted molar refractivity (Wildman–Crippen MR) is 55.4 cm³/mol. The van der Waals surface area contributed by atoms with Crippen LogP contribution in [0.4, 0.5) is 0 Å². The van der Waals surface area contributed by atoms with E-state index < -0.39 is 6.10 Å². The molecular formula is C10H14O2S. The molecule has 0 saturated carbocycles. The molecular weight excluding hydrogens is 184 g/mol. The minimum Gasteiger partial charge on any atom is -0.490 e. The normalized spacial score (nSPS) is 12.5. The lowest BCUT2D eigenvalue weighted by molar-refractivity contribution is 0.121. The number of ether oxygens (including phenoxy) is 1. The Morgan fingerprint density at radius 1 is 1.46 bits per heavy atom. The van der Waals surface area contributed by atoms with E-state index in [0.29, 0.717) is 6.61 Å². The molecule has 13 heavy (non-hydrogen) atoms. The van der Waals surface area contributed by atoms with Crippen LogP contribution < -0.4 is 4.74 Å². The van der Waals surface area contributed by atoms with Crippen LogP contribution in [0.1, 0.15) is 6.92 Å². The number of thioether (sulfide) groups is 1. The first-order chi connectivity index (χ1) is 6.24. The predicted octanol–water partition coefficient (Wildman–Crippen LogP) is 2.17. The van der Waals surface area contributed by atoms with Crippen molar-refractivity contribution in [2.75, 3.05) is 12.9 Å². The maximum atomic E-state index is 9.05. The molecule has 0 saturated heterocycles. The van der Waals surface area contributed by atoms with E-state index in [9.17, 15) is 0 Å². The molecule has 0 aliphatic heterocycles. The number of para-hydroxylation sites is 1. The highest BCUT2D eigenvalue weighted by molar-refractivity contribution is 7.98. The van der Waals surface area contributed by atoms with Gasteiger partial charge in [-0.25, -0.2) is 0 Å². The number of aliphatic hydroxyl groups is 1. The van der Waals surface area contributed by atoms with Crippen LogP contribution >= 0.6 is 11.8 Å². The van der Waals surface area contributed by atoms with Gasteiger partial charge < -0.3 is 9.84 Å². The van der Waals surface area contributed by atoms with Crippen molar-refractivity contribution in [1.29, 1.82) is 0 Å². The van der Waals surface area contributed by atoms with E-state index >= 15 is 0 Å². The van der Waals surface area contributed by atoms with Crippen molar-refractivity contribution in [3.63, 3.8) is 0 Å². The highest BCUT2D eigenvalue weighted by Crippen LogP contribution is 2.26. The Morgan fingerprint density at radius 2 is 2.15 bits per heavy atom. The van der Waals surface area contributed by atoms with Crippen molar-refractivity contribution >= 4 is 11.8 Å². The van der Waals surface area contributed by atoms with E-state index in [0.717, 1.165) is 10.6 Å². The molecule has 2 nitrogen and oxygen atoms in total. The van der Waals surface area contributed by atoms with Gasteiger partial charge in [0.25, 0.3) is 0 Å². The van der Waals surface area contributed by atoms with E-state index in [4.69, 9.17) is 9.84 Å². The topological polar surface area (TPSA) is 29.5 Å². The number of benzene rings is 1. The monoisotopic (exact) mass is 198 g/mol. The fourth-order valence-corrected chi connectivity index (χ4v) is 1.49. The number of hydrogen-bond acceptors (Lipinski definition) is 3. The van der Waals surface area contributed by atoms with E-state index in [1.54, 1.807) is 18.7 Å². The summed E-state index contributed by atoms with van der Waals surface area (Å²) in [5, 5.41) is 9.05. The molecule has 0 aliphatic rings. The maximum Gasteiger partial charge on any atom is 0.132 e. The quantitative estimate of drug-likeness (QED) is 0.752. The van der Waals surface area contributed by atoms with E-state index in [-0.39, 0.29) is 0 Å². The molecule has 0 radical (unpaired) electrons. The van der Waals surface area contributed by atoms with Crippen molar-refractivity contribution in [3.05, 3.63) is 24.3 Å². The molecule has 1 aromatic carbocycles. The molecule has 1 N–H and O–H groups in total. The van der Waals surface area contributed by atoms with Crippen molar-refractivity contribution < 1.29 is 9.84 Å². The van der Waals surface area contributed by atoms with Gasteiger partial charge in [0.2, 0.25) is 0 Å². The Morgan fingerprint density at radius 3 is 2.77 bits per heavy atom. The zero-order valence-corrected chi connectivity index (χ0v) is 8.67. The Hall–Kier alpha value is -0.670.